The monoisotopic (exact) mass is 284 g/mol. The van der Waals surface area contributed by atoms with Gasteiger partial charge in [-0.3, -0.25) is 4.79 Å². The molecule has 0 aromatic carbocycles. The summed E-state index contributed by atoms with van der Waals surface area (Å²) in [6.45, 7) is 0. The smallest absolute Gasteiger partial charge is 0.163 e. The van der Waals surface area contributed by atoms with Gasteiger partial charge in [-0.2, -0.15) is 0 Å². The molecular weight excluding hydrogens is 272 g/mol. The number of hydrogen-bond donors (Lipinski definition) is 0. The van der Waals surface area contributed by atoms with Gasteiger partial charge >= 0.3 is 0 Å². The molecule has 0 aliphatic heterocycles. The van der Waals surface area contributed by atoms with Crippen molar-refractivity contribution in [3.63, 3.8) is 0 Å². The van der Waals surface area contributed by atoms with Gasteiger partial charge in [0.05, 0.1) is 0 Å². The highest BCUT2D eigenvalue weighted by atomic mass is 79.9. The van der Waals surface area contributed by atoms with Gasteiger partial charge in [0.1, 0.15) is 0 Å². The molecule has 3 heteroatoms. The summed E-state index contributed by atoms with van der Waals surface area (Å²) in [5.41, 5.74) is 1.04. The quantitative estimate of drug-likeness (QED) is 0.816. The number of ketones is 1. The van der Waals surface area contributed by atoms with Gasteiger partial charge in [0, 0.05) is 15.8 Å². The molecule has 0 radical (unpaired) electrons. The molecule has 0 unspecified atom stereocenters. The predicted molar refractivity (Wildman–Crippen MR) is 67.3 cm³/mol. The summed E-state index contributed by atoms with van der Waals surface area (Å²) in [5.74, 6) is 0.304. The Morgan fingerprint density at radius 2 is 2.33 bits per heavy atom. The van der Waals surface area contributed by atoms with E-state index in [9.17, 15) is 4.79 Å². The number of allylic oxidation sites excluding steroid dienone is 2. The van der Waals surface area contributed by atoms with E-state index in [4.69, 9.17) is 0 Å². The Labute approximate surface area is 102 Å². The lowest BCUT2D eigenvalue weighted by Crippen LogP contribution is -2.08. The second-order valence-corrected chi connectivity index (χ2v) is 5.62. The third kappa shape index (κ3) is 2.79. The lowest BCUT2D eigenvalue weighted by Gasteiger charge is -2.10. The first-order valence-corrected chi connectivity index (χ1v) is 6.89. The van der Waals surface area contributed by atoms with Crippen LogP contribution in [-0.2, 0) is 11.2 Å². The van der Waals surface area contributed by atoms with Gasteiger partial charge < -0.3 is 0 Å². The molecule has 0 atom stereocenters. The Balaban J connectivity index is 2.03. The summed E-state index contributed by atoms with van der Waals surface area (Å²) in [7, 11) is 0. The molecule has 0 amide bonds. The molecule has 80 valence electrons. The maximum Gasteiger partial charge on any atom is 0.163 e. The predicted octanol–water partition coefficient (Wildman–Crippen LogP) is 4.12. The number of rotatable bonds is 3. The maximum absolute atomic E-state index is 11.9. The molecule has 1 aromatic rings. The van der Waals surface area contributed by atoms with Crippen LogP contribution in [0.5, 0.6) is 0 Å². The van der Waals surface area contributed by atoms with Gasteiger partial charge in [0.2, 0.25) is 0 Å². The van der Waals surface area contributed by atoms with Crippen LogP contribution in [0.25, 0.3) is 0 Å². The zero-order chi connectivity index (χ0) is 10.7. The molecule has 15 heavy (non-hydrogen) atoms. The molecular formula is C12H13BrOS. The number of hydrogen-bond acceptors (Lipinski definition) is 2. The second-order valence-electron chi connectivity index (χ2n) is 3.77. The van der Waals surface area contributed by atoms with Crippen LogP contribution < -0.4 is 0 Å². The van der Waals surface area contributed by atoms with E-state index in [1.807, 2.05) is 11.4 Å². The minimum absolute atomic E-state index is 0.304. The van der Waals surface area contributed by atoms with E-state index in [0.29, 0.717) is 12.2 Å². The molecule has 1 nitrogen and oxygen atoms in total. The van der Waals surface area contributed by atoms with E-state index in [2.05, 4.69) is 22.0 Å². The van der Waals surface area contributed by atoms with E-state index >= 15 is 0 Å². The van der Waals surface area contributed by atoms with Crippen LogP contribution in [0.4, 0.5) is 0 Å². The van der Waals surface area contributed by atoms with Gasteiger partial charge in [-0.05, 0) is 58.6 Å². The van der Waals surface area contributed by atoms with Crippen molar-refractivity contribution in [2.24, 2.45) is 0 Å². The largest absolute Gasteiger partial charge is 0.294 e. The maximum atomic E-state index is 11.9. The topological polar surface area (TPSA) is 17.1 Å². The Kier molecular flexibility index (Phi) is 3.76. The minimum Gasteiger partial charge on any atom is -0.294 e. The SMILES string of the molecule is O=C(Cc1sccc1Br)C1=CCCCC1. The van der Waals surface area contributed by atoms with E-state index in [1.165, 1.54) is 12.8 Å². The van der Waals surface area contributed by atoms with Crippen molar-refractivity contribution in [3.05, 3.63) is 32.4 Å². The van der Waals surface area contributed by atoms with Crippen LogP contribution in [-0.4, -0.2) is 5.78 Å². The van der Waals surface area contributed by atoms with Crippen molar-refractivity contribution in [2.75, 3.05) is 0 Å². The van der Waals surface area contributed by atoms with Crippen molar-refractivity contribution in [1.82, 2.24) is 0 Å². The normalized spacial score (nSPS) is 16.2. The summed E-state index contributed by atoms with van der Waals surface area (Å²) in [6, 6.07) is 2.00. The van der Waals surface area contributed by atoms with Crippen LogP contribution in [0.2, 0.25) is 0 Å². The highest BCUT2D eigenvalue weighted by Crippen LogP contribution is 2.26. The standard InChI is InChI=1S/C12H13BrOS/c13-10-6-7-15-12(10)8-11(14)9-4-2-1-3-5-9/h4,6-7H,1-3,5,8H2. The zero-order valence-corrected chi connectivity index (χ0v) is 10.9. The van der Waals surface area contributed by atoms with Crippen molar-refractivity contribution < 1.29 is 4.79 Å². The Morgan fingerprint density at radius 3 is 2.93 bits per heavy atom. The van der Waals surface area contributed by atoms with E-state index < -0.39 is 0 Å². The highest BCUT2D eigenvalue weighted by molar-refractivity contribution is 9.10. The zero-order valence-electron chi connectivity index (χ0n) is 8.46. The Morgan fingerprint density at radius 1 is 1.47 bits per heavy atom. The molecule has 0 bridgehead atoms. The van der Waals surface area contributed by atoms with Gasteiger partial charge in [0.25, 0.3) is 0 Å². The molecule has 0 saturated carbocycles. The number of carbonyl (C=O) groups excluding carboxylic acids is 1. The summed E-state index contributed by atoms with van der Waals surface area (Å²) in [5, 5.41) is 2.02. The molecule has 1 heterocycles. The lowest BCUT2D eigenvalue weighted by atomic mass is 9.95. The first kappa shape index (κ1) is 11.1. The third-order valence-corrected chi connectivity index (χ3v) is 4.59. The van der Waals surface area contributed by atoms with Gasteiger partial charge in [-0.1, -0.05) is 6.08 Å². The third-order valence-electron chi connectivity index (χ3n) is 2.66. The van der Waals surface area contributed by atoms with E-state index in [0.717, 1.165) is 27.8 Å². The fourth-order valence-corrected chi connectivity index (χ4v) is 3.29. The fraction of sp³-hybridized carbons (Fsp3) is 0.417. The number of carbonyl (C=O) groups is 1. The first-order chi connectivity index (χ1) is 7.27. The Bertz CT molecular complexity index is 392. The molecule has 0 N–H and O–H groups in total. The first-order valence-electron chi connectivity index (χ1n) is 5.21. The number of Topliss-reactive ketones (excluding diaryl/α,β-unsaturated/α-hetero) is 1. The van der Waals surface area contributed by atoms with Crippen LogP contribution in [0.15, 0.2) is 27.6 Å². The van der Waals surface area contributed by atoms with Crippen LogP contribution in [0.3, 0.4) is 0 Å². The van der Waals surface area contributed by atoms with Crippen molar-refractivity contribution in [3.8, 4) is 0 Å². The number of halogens is 1. The van der Waals surface area contributed by atoms with Crippen molar-refractivity contribution >= 4 is 33.0 Å². The van der Waals surface area contributed by atoms with Gasteiger partial charge in [-0.15, -0.1) is 11.3 Å². The van der Waals surface area contributed by atoms with Crippen molar-refractivity contribution in [2.45, 2.75) is 32.1 Å². The summed E-state index contributed by atoms with van der Waals surface area (Å²) < 4.78 is 1.07. The minimum atomic E-state index is 0.304. The van der Waals surface area contributed by atoms with Crippen LogP contribution >= 0.6 is 27.3 Å². The Hall–Kier alpha value is -0.410. The molecule has 1 aliphatic rings. The highest BCUT2D eigenvalue weighted by Gasteiger charge is 2.14. The van der Waals surface area contributed by atoms with Crippen molar-refractivity contribution in [1.29, 1.82) is 0 Å². The van der Waals surface area contributed by atoms with Crippen LogP contribution in [0, 0.1) is 0 Å². The van der Waals surface area contributed by atoms with E-state index in [-0.39, 0.29) is 0 Å². The summed E-state index contributed by atoms with van der Waals surface area (Å²) in [6.07, 6.45) is 7.13. The fourth-order valence-electron chi connectivity index (χ4n) is 1.80. The molecule has 2 rings (SSSR count). The van der Waals surface area contributed by atoms with E-state index in [1.54, 1.807) is 11.3 Å². The molecule has 0 fully saturated rings. The molecule has 0 saturated heterocycles. The summed E-state index contributed by atoms with van der Waals surface area (Å²) in [4.78, 5) is 13.1. The molecule has 0 spiro atoms. The van der Waals surface area contributed by atoms with Gasteiger partial charge in [0.15, 0.2) is 5.78 Å². The number of thiophene rings is 1. The average molecular weight is 285 g/mol. The molecule has 1 aromatic heterocycles. The summed E-state index contributed by atoms with van der Waals surface area (Å²) >= 11 is 5.10. The lowest BCUT2D eigenvalue weighted by molar-refractivity contribution is -0.115. The van der Waals surface area contributed by atoms with Gasteiger partial charge in [-0.25, -0.2) is 0 Å². The average Bonchev–Trinajstić information content (AvgIpc) is 2.66. The van der Waals surface area contributed by atoms with Crippen LogP contribution in [0.1, 0.15) is 30.6 Å². The molecule has 1 aliphatic carbocycles. The second kappa shape index (κ2) is 5.08.